The Morgan fingerprint density at radius 1 is 1.17 bits per heavy atom. The molecule has 1 aliphatic rings. The van der Waals surface area contributed by atoms with Gasteiger partial charge in [-0.3, -0.25) is 14.5 Å². The molecular formula is C21H28N4O3S. The predicted molar refractivity (Wildman–Crippen MR) is 116 cm³/mol. The molecule has 1 aliphatic heterocycles. The maximum absolute atomic E-state index is 12.5. The number of hydrogen-bond acceptors (Lipinski definition) is 6. The van der Waals surface area contributed by atoms with Crippen LogP contribution in [0, 0.1) is 6.92 Å². The van der Waals surface area contributed by atoms with E-state index in [-0.39, 0.29) is 6.04 Å². The van der Waals surface area contributed by atoms with Gasteiger partial charge in [-0.25, -0.2) is 0 Å². The number of rotatable bonds is 6. The summed E-state index contributed by atoms with van der Waals surface area (Å²) < 4.78 is 5.26. The third kappa shape index (κ3) is 5.56. The van der Waals surface area contributed by atoms with E-state index in [0.717, 1.165) is 31.7 Å². The summed E-state index contributed by atoms with van der Waals surface area (Å²) in [6, 6.07) is 7.57. The summed E-state index contributed by atoms with van der Waals surface area (Å²) in [5.41, 5.74) is 2.62. The summed E-state index contributed by atoms with van der Waals surface area (Å²) in [7, 11) is 3.64. The summed E-state index contributed by atoms with van der Waals surface area (Å²) in [5, 5.41) is 9.60. The zero-order valence-electron chi connectivity index (χ0n) is 17.1. The number of nitrogens with one attached hydrogen (secondary N) is 2. The van der Waals surface area contributed by atoms with Crippen LogP contribution in [0.15, 0.2) is 35.0 Å². The van der Waals surface area contributed by atoms with E-state index in [1.54, 1.807) is 23.5 Å². The monoisotopic (exact) mass is 416 g/mol. The van der Waals surface area contributed by atoms with Crippen molar-refractivity contribution in [2.24, 2.45) is 0 Å². The van der Waals surface area contributed by atoms with Crippen molar-refractivity contribution in [3.05, 3.63) is 46.2 Å². The molecule has 1 fully saturated rings. The van der Waals surface area contributed by atoms with E-state index >= 15 is 0 Å². The van der Waals surface area contributed by atoms with Gasteiger partial charge in [-0.15, -0.1) is 0 Å². The Morgan fingerprint density at radius 3 is 2.59 bits per heavy atom. The lowest BCUT2D eigenvalue weighted by molar-refractivity contribution is -0.136. The number of piperazine rings is 1. The van der Waals surface area contributed by atoms with Crippen LogP contribution in [0.1, 0.15) is 17.2 Å². The van der Waals surface area contributed by atoms with Crippen LogP contribution in [0.5, 0.6) is 5.75 Å². The van der Waals surface area contributed by atoms with Crippen molar-refractivity contribution < 1.29 is 14.3 Å². The van der Waals surface area contributed by atoms with Crippen molar-refractivity contribution in [3.8, 4) is 5.75 Å². The molecule has 1 aromatic carbocycles. The molecule has 0 radical (unpaired) electrons. The molecule has 0 unspecified atom stereocenters. The van der Waals surface area contributed by atoms with Crippen molar-refractivity contribution in [3.63, 3.8) is 0 Å². The quantitative estimate of drug-likeness (QED) is 0.706. The Balaban J connectivity index is 1.62. The second-order valence-corrected chi connectivity index (χ2v) is 8.06. The minimum absolute atomic E-state index is 0.0557. The van der Waals surface area contributed by atoms with E-state index in [2.05, 4.69) is 38.9 Å². The fourth-order valence-corrected chi connectivity index (χ4v) is 4.13. The lowest BCUT2D eigenvalue weighted by atomic mass is 10.1. The molecule has 1 aromatic heterocycles. The zero-order chi connectivity index (χ0) is 20.8. The van der Waals surface area contributed by atoms with Crippen LogP contribution in [-0.2, 0) is 9.59 Å². The number of thiophene rings is 1. The lowest BCUT2D eigenvalue weighted by Gasteiger charge is -2.37. The van der Waals surface area contributed by atoms with E-state index in [1.165, 1.54) is 12.7 Å². The van der Waals surface area contributed by atoms with E-state index in [1.807, 2.05) is 18.4 Å². The molecule has 0 bridgehead atoms. The first kappa shape index (κ1) is 21.3. The van der Waals surface area contributed by atoms with E-state index in [9.17, 15) is 9.59 Å². The van der Waals surface area contributed by atoms with E-state index < -0.39 is 11.8 Å². The minimum Gasteiger partial charge on any atom is -0.495 e. The molecule has 0 saturated carbocycles. The average molecular weight is 417 g/mol. The second kappa shape index (κ2) is 9.87. The molecule has 2 amide bonds. The van der Waals surface area contributed by atoms with Gasteiger partial charge in [0.1, 0.15) is 5.75 Å². The van der Waals surface area contributed by atoms with Crippen LogP contribution >= 0.6 is 11.3 Å². The van der Waals surface area contributed by atoms with Crippen LogP contribution in [0.3, 0.4) is 0 Å². The standard InChI is InChI=1S/C21H28N4O3S/c1-15-4-5-19(28-3)17(12-15)23-21(27)20(26)22-13-18(16-6-11-29-14-16)25-9-7-24(2)8-10-25/h4-6,11-12,14,18H,7-10,13H2,1-3H3,(H,22,26)(H,23,27)/t18-/m1/s1. The van der Waals surface area contributed by atoms with E-state index in [4.69, 9.17) is 4.74 Å². The van der Waals surface area contributed by atoms with Gasteiger partial charge in [-0.1, -0.05) is 6.07 Å². The number of amides is 2. The molecule has 29 heavy (non-hydrogen) atoms. The smallest absolute Gasteiger partial charge is 0.313 e. The maximum atomic E-state index is 12.5. The van der Waals surface area contributed by atoms with Crippen molar-refractivity contribution in [1.29, 1.82) is 0 Å². The van der Waals surface area contributed by atoms with Crippen LogP contribution < -0.4 is 15.4 Å². The van der Waals surface area contributed by atoms with Crippen molar-refractivity contribution in [2.45, 2.75) is 13.0 Å². The Kier molecular flexibility index (Phi) is 7.24. The van der Waals surface area contributed by atoms with Gasteiger partial charge in [-0.05, 0) is 54.1 Å². The third-order valence-corrected chi connectivity index (χ3v) is 5.87. The van der Waals surface area contributed by atoms with Crippen molar-refractivity contribution in [2.75, 3.05) is 52.2 Å². The fraction of sp³-hybridized carbons (Fsp3) is 0.429. The number of nitrogens with zero attached hydrogens (tertiary/aromatic N) is 2. The third-order valence-electron chi connectivity index (χ3n) is 5.17. The number of likely N-dealkylation sites (N-methyl/N-ethyl adjacent to an activating group) is 1. The number of hydrogen-bond donors (Lipinski definition) is 2. The topological polar surface area (TPSA) is 73.9 Å². The van der Waals surface area contributed by atoms with Gasteiger partial charge in [0.05, 0.1) is 18.8 Å². The summed E-state index contributed by atoms with van der Waals surface area (Å²) in [6.07, 6.45) is 0. The Morgan fingerprint density at radius 2 is 1.93 bits per heavy atom. The molecular weight excluding hydrogens is 388 g/mol. The Hall–Kier alpha value is -2.42. The normalized spacial score (nSPS) is 16.2. The summed E-state index contributed by atoms with van der Waals surface area (Å²) in [6.45, 7) is 6.14. The number of anilines is 1. The van der Waals surface area contributed by atoms with Gasteiger partial charge >= 0.3 is 11.8 Å². The number of carbonyl (C=O) groups is 2. The molecule has 2 N–H and O–H groups in total. The average Bonchev–Trinajstić information content (AvgIpc) is 3.24. The van der Waals surface area contributed by atoms with Gasteiger partial charge in [-0.2, -0.15) is 11.3 Å². The molecule has 3 rings (SSSR count). The number of ether oxygens (including phenoxy) is 1. The maximum Gasteiger partial charge on any atom is 0.313 e. The fourth-order valence-electron chi connectivity index (χ4n) is 3.42. The van der Waals surface area contributed by atoms with Crippen molar-refractivity contribution >= 4 is 28.8 Å². The molecule has 7 nitrogen and oxygen atoms in total. The van der Waals surface area contributed by atoms with Crippen LogP contribution in [0.4, 0.5) is 5.69 Å². The highest BCUT2D eigenvalue weighted by Crippen LogP contribution is 2.25. The first-order chi connectivity index (χ1) is 14.0. The Bertz CT molecular complexity index is 832. The first-order valence-corrected chi connectivity index (χ1v) is 10.6. The molecule has 2 heterocycles. The largest absolute Gasteiger partial charge is 0.495 e. The number of carbonyl (C=O) groups excluding carboxylic acids is 2. The summed E-state index contributed by atoms with van der Waals surface area (Å²) in [4.78, 5) is 29.5. The second-order valence-electron chi connectivity index (χ2n) is 7.28. The minimum atomic E-state index is -0.698. The first-order valence-electron chi connectivity index (χ1n) is 9.66. The summed E-state index contributed by atoms with van der Waals surface area (Å²) >= 11 is 1.64. The molecule has 2 aromatic rings. The molecule has 1 atom stereocenters. The Labute approximate surface area is 175 Å². The highest BCUT2D eigenvalue weighted by atomic mass is 32.1. The summed E-state index contributed by atoms with van der Waals surface area (Å²) in [5.74, 6) is -0.829. The number of benzene rings is 1. The molecule has 0 spiro atoms. The lowest BCUT2D eigenvalue weighted by Crippen LogP contribution is -2.49. The molecule has 8 heteroatoms. The molecule has 0 aliphatic carbocycles. The van der Waals surface area contributed by atoms with Crippen LogP contribution in [0.2, 0.25) is 0 Å². The van der Waals surface area contributed by atoms with Gasteiger partial charge in [0, 0.05) is 32.7 Å². The highest BCUT2D eigenvalue weighted by molar-refractivity contribution is 7.08. The van der Waals surface area contributed by atoms with Gasteiger partial charge in [0.25, 0.3) is 0 Å². The number of aryl methyl sites for hydroxylation is 1. The van der Waals surface area contributed by atoms with Gasteiger partial charge in [0.15, 0.2) is 0 Å². The van der Waals surface area contributed by atoms with Gasteiger partial charge < -0.3 is 20.3 Å². The highest BCUT2D eigenvalue weighted by Gasteiger charge is 2.26. The van der Waals surface area contributed by atoms with Crippen molar-refractivity contribution in [1.82, 2.24) is 15.1 Å². The molecule has 156 valence electrons. The number of methoxy groups -OCH3 is 1. The van der Waals surface area contributed by atoms with E-state index in [0.29, 0.717) is 18.0 Å². The predicted octanol–water partition coefficient (Wildman–Crippen LogP) is 2.11. The zero-order valence-corrected chi connectivity index (χ0v) is 17.9. The SMILES string of the molecule is COc1ccc(C)cc1NC(=O)C(=O)NC[C@H](c1ccsc1)N1CCN(C)CC1. The van der Waals surface area contributed by atoms with Crippen LogP contribution in [-0.4, -0.2) is 68.5 Å². The molecule has 1 saturated heterocycles. The van der Waals surface area contributed by atoms with Crippen LogP contribution in [0.25, 0.3) is 0 Å². The van der Waals surface area contributed by atoms with Gasteiger partial charge in [0.2, 0.25) is 0 Å².